The van der Waals surface area contributed by atoms with Crippen molar-refractivity contribution in [1.29, 1.82) is 0 Å². The third-order valence-corrected chi connectivity index (χ3v) is 6.24. The van der Waals surface area contributed by atoms with E-state index in [-0.39, 0.29) is 0 Å². The number of pyridine rings is 1. The second-order valence-electron chi connectivity index (χ2n) is 9.38. The highest BCUT2D eigenvalue weighted by atomic mass is 16.5. The van der Waals surface area contributed by atoms with Gasteiger partial charge in [-0.15, -0.1) is 0 Å². The number of aliphatic carboxylic acids is 1. The Hall–Kier alpha value is -4.42. The Morgan fingerprint density at radius 2 is 1.95 bits per heavy atom. The van der Waals surface area contributed by atoms with E-state index in [9.17, 15) is 9.90 Å². The van der Waals surface area contributed by atoms with E-state index in [0.29, 0.717) is 36.2 Å². The van der Waals surface area contributed by atoms with Crippen LogP contribution in [-0.2, 0) is 11.3 Å². The fourth-order valence-electron chi connectivity index (χ4n) is 4.22. The van der Waals surface area contributed by atoms with Crippen LogP contribution in [0.15, 0.2) is 55.1 Å². The van der Waals surface area contributed by atoms with E-state index in [0.717, 1.165) is 48.5 Å². The highest BCUT2D eigenvalue weighted by Crippen LogP contribution is 2.33. The molecule has 0 bridgehead atoms. The van der Waals surface area contributed by atoms with Gasteiger partial charge in [0.05, 0.1) is 11.9 Å². The minimum absolute atomic E-state index is 0.316. The summed E-state index contributed by atoms with van der Waals surface area (Å²) >= 11 is 0. The first-order valence-corrected chi connectivity index (χ1v) is 13.1. The maximum absolute atomic E-state index is 11.2. The number of H-pyrrole nitrogens is 1. The maximum atomic E-state index is 11.2. The number of aromatic nitrogens is 4. The Balaban J connectivity index is 1.49. The molecule has 0 aliphatic heterocycles. The van der Waals surface area contributed by atoms with Gasteiger partial charge in [0.2, 0.25) is 0 Å². The van der Waals surface area contributed by atoms with Gasteiger partial charge in [0.15, 0.2) is 18.1 Å². The van der Waals surface area contributed by atoms with Gasteiger partial charge in [-0.3, -0.25) is 0 Å². The second kappa shape index (κ2) is 14.1. The molecule has 212 valence electrons. The molecule has 0 aliphatic carbocycles. The molecule has 0 fully saturated rings. The highest BCUT2D eigenvalue weighted by molar-refractivity contribution is 5.92. The Bertz CT molecular complexity index is 1380. The number of carboxylic acids is 1. The Kier molecular flexibility index (Phi) is 10.1. The summed E-state index contributed by atoms with van der Waals surface area (Å²) in [7, 11) is 5.97. The van der Waals surface area contributed by atoms with Crippen LogP contribution in [0.1, 0.15) is 12.0 Å². The molecule has 0 saturated heterocycles. The number of hydrogen-bond donors (Lipinski definition) is 4. The first-order chi connectivity index (χ1) is 19.4. The third kappa shape index (κ3) is 7.80. The number of nitrogens with one attached hydrogen (secondary N) is 3. The number of aromatic amines is 1. The maximum Gasteiger partial charge on any atom is 0.341 e. The summed E-state index contributed by atoms with van der Waals surface area (Å²) in [6, 6.07) is 11.0. The van der Waals surface area contributed by atoms with Gasteiger partial charge in [0, 0.05) is 37.7 Å². The number of rotatable bonds is 16. The van der Waals surface area contributed by atoms with Gasteiger partial charge in [0.25, 0.3) is 0 Å². The van der Waals surface area contributed by atoms with Crippen LogP contribution in [0.2, 0.25) is 0 Å². The van der Waals surface area contributed by atoms with Crippen LogP contribution in [0.4, 0.5) is 17.3 Å². The number of ether oxygens (including phenoxy) is 2. The molecule has 3 heterocycles. The van der Waals surface area contributed by atoms with Crippen LogP contribution in [0.5, 0.6) is 11.5 Å². The third-order valence-electron chi connectivity index (χ3n) is 6.24. The SMILES string of the molecule is CNCCCN(C)Cc1c[nH]c2ncnc(Nc3ccc(OCCN(C)c4ccccn4)c(OCC(=O)O)c3)c12. The van der Waals surface area contributed by atoms with Crippen LogP contribution in [-0.4, -0.2) is 89.9 Å². The summed E-state index contributed by atoms with van der Waals surface area (Å²) in [6.45, 7) is 3.08. The Morgan fingerprint density at radius 1 is 1.07 bits per heavy atom. The zero-order valence-corrected chi connectivity index (χ0v) is 23.1. The van der Waals surface area contributed by atoms with E-state index in [1.165, 1.54) is 6.33 Å². The number of hydrogen-bond acceptors (Lipinski definition) is 10. The number of fused-ring (bicyclic) bond motifs is 1. The average molecular weight is 549 g/mol. The lowest BCUT2D eigenvalue weighted by Crippen LogP contribution is -2.24. The lowest BCUT2D eigenvalue weighted by atomic mass is 10.2. The van der Waals surface area contributed by atoms with Gasteiger partial charge in [0.1, 0.15) is 30.2 Å². The van der Waals surface area contributed by atoms with Crippen molar-refractivity contribution in [2.75, 3.05) is 64.2 Å². The van der Waals surface area contributed by atoms with Crippen molar-refractivity contribution >= 4 is 34.3 Å². The van der Waals surface area contributed by atoms with Crippen molar-refractivity contribution in [3.05, 3.63) is 60.7 Å². The fourth-order valence-corrected chi connectivity index (χ4v) is 4.22. The fraction of sp³-hybridized carbons (Fsp3) is 0.357. The zero-order chi connectivity index (χ0) is 28.3. The van der Waals surface area contributed by atoms with Gasteiger partial charge in [-0.25, -0.2) is 19.7 Å². The summed E-state index contributed by atoms with van der Waals surface area (Å²) in [5.74, 6) is 1.15. The van der Waals surface area contributed by atoms with Crippen LogP contribution in [0, 0.1) is 0 Å². The Labute approximate surface area is 233 Å². The number of carboxylic acid groups (broad SMARTS) is 1. The van der Waals surface area contributed by atoms with Crippen molar-refractivity contribution in [3.63, 3.8) is 0 Å². The number of nitrogens with zero attached hydrogens (tertiary/aromatic N) is 5. The molecule has 4 aromatic rings. The highest BCUT2D eigenvalue weighted by Gasteiger charge is 2.15. The number of likely N-dealkylation sites (N-methyl/N-ethyl adjacent to an activating group) is 1. The quantitative estimate of drug-likeness (QED) is 0.154. The van der Waals surface area contributed by atoms with Crippen molar-refractivity contribution < 1.29 is 19.4 Å². The Morgan fingerprint density at radius 3 is 2.73 bits per heavy atom. The van der Waals surface area contributed by atoms with Gasteiger partial charge in [-0.2, -0.15) is 0 Å². The molecular formula is C28H36N8O4. The molecule has 0 saturated carbocycles. The minimum atomic E-state index is -1.08. The molecule has 40 heavy (non-hydrogen) atoms. The summed E-state index contributed by atoms with van der Waals surface area (Å²) < 4.78 is 11.5. The molecule has 4 N–H and O–H groups in total. The second-order valence-corrected chi connectivity index (χ2v) is 9.38. The predicted octanol–water partition coefficient (Wildman–Crippen LogP) is 3.12. The molecule has 0 radical (unpaired) electrons. The predicted molar refractivity (Wildman–Crippen MR) is 155 cm³/mol. The smallest absolute Gasteiger partial charge is 0.341 e. The van der Waals surface area contributed by atoms with Gasteiger partial charge >= 0.3 is 5.97 Å². The lowest BCUT2D eigenvalue weighted by molar-refractivity contribution is -0.139. The molecule has 0 amide bonds. The van der Waals surface area contributed by atoms with Gasteiger partial charge < -0.3 is 40.0 Å². The topological polar surface area (TPSA) is 141 Å². The first kappa shape index (κ1) is 28.6. The summed E-state index contributed by atoms with van der Waals surface area (Å²) in [5.41, 5.74) is 2.48. The van der Waals surface area contributed by atoms with E-state index in [4.69, 9.17) is 9.47 Å². The number of carbonyl (C=O) groups is 1. The van der Waals surface area contributed by atoms with Gasteiger partial charge in [-0.05, 0) is 63.4 Å². The van der Waals surface area contributed by atoms with Crippen molar-refractivity contribution in [2.45, 2.75) is 13.0 Å². The zero-order valence-electron chi connectivity index (χ0n) is 23.1. The molecule has 3 aromatic heterocycles. The summed E-state index contributed by atoms with van der Waals surface area (Å²) in [6.07, 6.45) is 6.24. The van der Waals surface area contributed by atoms with Crippen molar-refractivity contribution in [1.82, 2.24) is 30.2 Å². The molecule has 0 atom stereocenters. The normalized spacial score (nSPS) is 11.1. The molecule has 0 unspecified atom stereocenters. The molecule has 0 spiro atoms. The van der Waals surface area contributed by atoms with E-state index in [2.05, 4.69) is 42.5 Å². The molecule has 4 rings (SSSR count). The lowest BCUT2D eigenvalue weighted by Gasteiger charge is -2.19. The molecular weight excluding hydrogens is 512 g/mol. The largest absolute Gasteiger partial charge is 0.488 e. The number of benzene rings is 1. The summed E-state index contributed by atoms with van der Waals surface area (Å²) in [5, 5.41) is 16.6. The average Bonchev–Trinajstić information content (AvgIpc) is 3.36. The monoisotopic (exact) mass is 548 g/mol. The van der Waals surface area contributed by atoms with Crippen LogP contribution in [0.3, 0.4) is 0 Å². The van der Waals surface area contributed by atoms with E-state index in [1.807, 2.05) is 49.5 Å². The van der Waals surface area contributed by atoms with E-state index < -0.39 is 12.6 Å². The van der Waals surface area contributed by atoms with Crippen molar-refractivity contribution in [3.8, 4) is 11.5 Å². The molecule has 1 aromatic carbocycles. The number of anilines is 3. The van der Waals surface area contributed by atoms with Crippen LogP contribution < -0.4 is 25.0 Å². The van der Waals surface area contributed by atoms with Crippen LogP contribution >= 0.6 is 0 Å². The van der Waals surface area contributed by atoms with E-state index >= 15 is 0 Å². The molecule has 12 heteroatoms. The van der Waals surface area contributed by atoms with Crippen LogP contribution in [0.25, 0.3) is 11.0 Å². The first-order valence-electron chi connectivity index (χ1n) is 13.1. The summed E-state index contributed by atoms with van der Waals surface area (Å²) in [4.78, 5) is 31.9. The molecule has 12 nitrogen and oxygen atoms in total. The van der Waals surface area contributed by atoms with Crippen molar-refractivity contribution in [2.24, 2.45) is 0 Å². The minimum Gasteiger partial charge on any atom is -0.488 e. The van der Waals surface area contributed by atoms with Gasteiger partial charge in [-0.1, -0.05) is 6.07 Å². The standard InChI is InChI=1S/C28H36N8O4/c1-29-10-6-12-35(2)17-20-16-31-27-26(20)28(33-19-32-27)34-21-8-9-22(23(15-21)40-18-25(37)38)39-14-13-36(3)24-7-4-5-11-30-24/h4-5,7-9,11,15-16,19,29H,6,10,12-14,17-18H2,1-3H3,(H,37,38)(H2,31,32,33,34). The molecule has 0 aliphatic rings. The van der Waals surface area contributed by atoms with E-state index in [1.54, 1.807) is 18.3 Å².